The normalized spacial score (nSPS) is 11.3. The second-order valence-corrected chi connectivity index (χ2v) is 4.81. The molecule has 2 rings (SSSR count). The zero-order chi connectivity index (χ0) is 15.9. The number of ketones is 1. The lowest BCUT2D eigenvalue weighted by atomic mass is 9.99. The number of aryl methyl sites for hydroxylation is 1. The van der Waals surface area contributed by atoms with Crippen LogP contribution in [-0.4, -0.2) is 16.7 Å². The van der Waals surface area contributed by atoms with Crippen LogP contribution in [0.1, 0.15) is 21.5 Å². The number of benzene rings is 1. The Balaban J connectivity index is 2.06. The number of hydrogen-bond donors (Lipinski definition) is 1. The van der Waals surface area contributed by atoms with Gasteiger partial charge in [0.05, 0.1) is 6.07 Å². The van der Waals surface area contributed by atoms with Gasteiger partial charge in [0.2, 0.25) is 5.91 Å². The van der Waals surface area contributed by atoms with Gasteiger partial charge < -0.3 is 5.32 Å². The highest BCUT2D eigenvalue weighted by molar-refractivity contribution is 6.11. The molecule has 1 heterocycles. The van der Waals surface area contributed by atoms with Crippen LogP contribution < -0.4 is 5.32 Å². The van der Waals surface area contributed by atoms with Gasteiger partial charge in [-0.25, -0.2) is 0 Å². The van der Waals surface area contributed by atoms with Crippen LogP contribution in [0, 0.1) is 24.2 Å². The van der Waals surface area contributed by atoms with Crippen molar-refractivity contribution in [2.75, 3.05) is 0 Å². The molecule has 0 fully saturated rings. The lowest BCUT2D eigenvalue weighted by Gasteiger charge is -2.11. The molecule has 0 saturated heterocycles. The van der Waals surface area contributed by atoms with Crippen molar-refractivity contribution >= 4 is 11.7 Å². The van der Waals surface area contributed by atoms with Crippen LogP contribution in [0.4, 0.5) is 0 Å². The maximum absolute atomic E-state index is 12.2. The maximum atomic E-state index is 12.2. The summed E-state index contributed by atoms with van der Waals surface area (Å²) in [7, 11) is 0. The van der Waals surface area contributed by atoms with Crippen molar-refractivity contribution in [1.82, 2.24) is 10.3 Å². The number of nitrogens with zero attached hydrogens (tertiary/aromatic N) is 2. The molecule has 1 atom stereocenters. The van der Waals surface area contributed by atoms with Crippen molar-refractivity contribution < 1.29 is 9.59 Å². The summed E-state index contributed by atoms with van der Waals surface area (Å²) in [5, 5.41) is 11.8. The summed E-state index contributed by atoms with van der Waals surface area (Å²) in [6.07, 6.45) is 2.87. The summed E-state index contributed by atoms with van der Waals surface area (Å²) in [6.45, 7) is 2.22. The molecule has 5 nitrogen and oxygen atoms in total. The number of amides is 1. The van der Waals surface area contributed by atoms with E-state index in [9.17, 15) is 9.59 Å². The highest BCUT2D eigenvalue weighted by Crippen LogP contribution is 2.10. The predicted octanol–water partition coefficient (Wildman–Crippen LogP) is 2.03. The summed E-state index contributed by atoms with van der Waals surface area (Å²) in [5.74, 6) is -2.51. The standard InChI is InChI=1S/C17H15N3O2/c1-12-5-2-3-6-13(12)11-20-17(22)15(9-18)16(21)14-7-4-8-19-10-14/h2-8,10,15H,11H2,1H3,(H,20,22)/t15-/m0/s1. The van der Waals surface area contributed by atoms with Gasteiger partial charge in [0.1, 0.15) is 0 Å². The molecule has 0 unspecified atom stereocenters. The average Bonchev–Trinajstić information content (AvgIpc) is 2.55. The summed E-state index contributed by atoms with van der Waals surface area (Å²) < 4.78 is 0. The molecule has 0 aliphatic carbocycles. The molecule has 1 N–H and O–H groups in total. The number of carbonyl (C=O) groups excluding carboxylic acids is 2. The Morgan fingerprint density at radius 3 is 2.68 bits per heavy atom. The molecular weight excluding hydrogens is 278 g/mol. The maximum Gasteiger partial charge on any atom is 0.245 e. The molecule has 0 aliphatic rings. The third-order valence-corrected chi connectivity index (χ3v) is 3.31. The molecule has 110 valence electrons. The number of nitriles is 1. The van der Waals surface area contributed by atoms with E-state index >= 15 is 0 Å². The van der Waals surface area contributed by atoms with Crippen molar-refractivity contribution in [3.8, 4) is 6.07 Å². The topological polar surface area (TPSA) is 82.9 Å². The number of Topliss-reactive ketones (excluding diaryl/α,β-unsaturated/α-hetero) is 1. The van der Waals surface area contributed by atoms with Crippen LogP contribution >= 0.6 is 0 Å². The van der Waals surface area contributed by atoms with E-state index in [-0.39, 0.29) is 12.1 Å². The van der Waals surface area contributed by atoms with E-state index in [2.05, 4.69) is 10.3 Å². The van der Waals surface area contributed by atoms with Gasteiger partial charge >= 0.3 is 0 Å². The van der Waals surface area contributed by atoms with Gasteiger partial charge in [0.25, 0.3) is 0 Å². The number of aromatic nitrogens is 1. The quantitative estimate of drug-likeness (QED) is 0.675. The van der Waals surface area contributed by atoms with E-state index in [0.717, 1.165) is 11.1 Å². The van der Waals surface area contributed by atoms with Gasteiger partial charge in [-0.2, -0.15) is 5.26 Å². The minimum absolute atomic E-state index is 0.250. The molecule has 0 saturated carbocycles. The summed E-state index contributed by atoms with van der Waals surface area (Å²) in [5.41, 5.74) is 2.23. The lowest BCUT2D eigenvalue weighted by molar-refractivity contribution is -0.122. The lowest BCUT2D eigenvalue weighted by Crippen LogP contribution is -2.34. The third kappa shape index (κ3) is 3.55. The zero-order valence-electron chi connectivity index (χ0n) is 12.1. The molecule has 22 heavy (non-hydrogen) atoms. The first-order valence-electron chi connectivity index (χ1n) is 6.79. The van der Waals surface area contributed by atoms with E-state index in [0.29, 0.717) is 0 Å². The summed E-state index contributed by atoms with van der Waals surface area (Å²) in [4.78, 5) is 28.1. The highest BCUT2D eigenvalue weighted by Gasteiger charge is 2.27. The van der Waals surface area contributed by atoms with Crippen LogP contribution in [0.2, 0.25) is 0 Å². The molecule has 5 heteroatoms. The Labute approximate surface area is 128 Å². The smallest absolute Gasteiger partial charge is 0.245 e. The Morgan fingerprint density at radius 2 is 2.05 bits per heavy atom. The largest absolute Gasteiger partial charge is 0.350 e. The number of pyridine rings is 1. The van der Waals surface area contributed by atoms with Gasteiger partial charge in [-0.1, -0.05) is 24.3 Å². The first-order valence-corrected chi connectivity index (χ1v) is 6.79. The van der Waals surface area contributed by atoms with Gasteiger partial charge in [0.15, 0.2) is 11.7 Å². The first-order chi connectivity index (χ1) is 10.6. The Bertz CT molecular complexity index is 720. The van der Waals surface area contributed by atoms with E-state index in [1.165, 1.54) is 18.5 Å². The van der Waals surface area contributed by atoms with Crippen LogP contribution in [0.25, 0.3) is 0 Å². The van der Waals surface area contributed by atoms with Crippen LogP contribution in [0.5, 0.6) is 0 Å². The van der Waals surface area contributed by atoms with Crippen molar-refractivity contribution in [3.05, 3.63) is 65.5 Å². The van der Waals surface area contributed by atoms with E-state index in [1.54, 1.807) is 12.1 Å². The molecular formula is C17H15N3O2. The van der Waals surface area contributed by atoms with Crippen molar-refractivity contribution in [2.45, 2.75) is 13.5 Å². The summed E-state index contributed by atoms with van der Waals surface area (Å²) >= 11 is 0. The fourth-order valence-electron chi connectivity index (χ4n) is 2.00. The highest BCUT2D eigenvalue weighted by atomic mass is 16.2. The molecule has 1 aromatic heterocycles. The monoisotopic (exact) mass is 293 g/mol. The Hall–Kier alpha value is -3.00. The van der Waals surface area contributed by atoms with E-state index in [4.69, 9.17) is 5.26 Å². The van der Waals surface area contributed by atoms with E-state index in [1.807, 2.05) is 31.2 Å². The van der Waals surface area contributed by atoms with E-state index < -0.39 is 17.6 Å². The van der Waals surface area contributed by atoms with Crippen molar-refractivity contribution in [2.24, 2.45) is 5.92 Å². The van der Waals surface area contributed by atoms with Crippen molar-refractivity contribution in [3.63, 3.8) is 0 Å². The second-order valence-electron chi connectivity index (χ2n) is 4.81. The number of nitrogens with one attached hydrogen (secondary N) is 1. The number of carbonyl (C=O) groups is 2. The van der Waals surface area contributed by atoms with Gasteiger partial charge in [0, 0.05) is 24.5 Å². The molecule has 0 bridgehead atoms. The molecule has 1 aromatic carbocycles. The van der Waals surface area contributed by atoms with Gasteiger partial charge in [-0.3, -0.25) is 14.6 Å². The molecule has 1 amide bonds. The molecule has 2 aromatic rings. The second kappa shape index (κ2) is 7.14. The molecule has 0 aliphatic heterocycles. The minimum Gasteiger partial charge on any atom is -0.350 e. The average molecular weight is 293 g/mol. The fraction of sp³-hybridized carbons (Fsp3) is 0.176. The molecule has 0 spiro atoms. The number of rotatable bonds is 5. The third-order valence-electron chi connectivity index (χ3n) is 3.31. The SMILES string of the molecule is Cc1ccccc1CNC(=O)[C@@H](C#N)C(=O)c1cccnc1. The van der Waals surface area contributed by atoms with Crippen LogP contribution in [0.3, 0.4) is 0 Å². The Morgan fingerprint density at radius 1 is 1.27 bits per heavy atom. The van der Waals surface area contributed by atoms with Crippen LogP contribution in [-0.2, 0) is 11.3 Å². The predicted molar refractivity (Wildman–Crippen MR) is 80.7 cm³/mol. The van der Waals surface area contributed by atoms with Gasteiger partial charge in [-0.15, -0.1) is 0 Å². The summed E-state index contributed by atoms with van der Waals surface area (Å²) in [6, 6.07) is 12.5. The fourth-order valence-corrected chi connectivity index (χ4v) is 2.00. The molecule has 0 radical (unpaired) electrons. The minimum atomic E-state index is -1.37. The van der Waals surface area contributed by atoms with Crippen molar-refractivity contribution in [1.29, 1.82) is 5.26 Å². The Kier molecular flexibility index (Phi) is 4.99. The first kappa shape index (κ1) is 15.4. The van der Waals surface area contributed by atoms with Gasteiger partial charge in [-0.05, 0) is 30.2 Å². The van der Waals surface area contributed by atoms with Crippen LogP contribution in [0.15, 0.2) is 48.8 Å². The number of hydrogen-bond acceptors (Lipinski definition) is 4. The zero-order valence-corrected chi connectivity index (χ0v) is 12.1.